The van der Waals surface area contributed by atoms with Gasteiger partial charge in [-0.2, -0.15) is 0 Å². The average Bonchev–Trinajstić information content (AvgIpc) is 3.00. The third kappa shape index (κ3) is 3.59. The van der Waals surface area contributed by atoms with Crippen LogP contribution in [0.15, 0.2) is 27.8 Å². The molecule has 1 aromatic heterocycles. The highest BCUT2D eigenvalue weighted by atomic mass is 16.3. The van der Waals surface area contributed by atoms with E-state index in [-0.39, 0.29) is 6.04 Å². The molecule has 1 aliphatic carbocycles. The van der Waals surface area contributed by atoms with Crippen molar-refractivity contribution in [1.29, 1.82) is 0 Å². The standard InChI is InChI=1S/C16H26N4O/c1-12-10-13(12)19-16(17-2)18-11-14(15-6-5-9-21-15)20-7-3-4-8-20/h5-6,9,12-14H,3-4,7-8,10-11H2,1-2H3,(H2,17,18,19). The lowest BCUT2D eigenvalue weighted by molar-refractivity contribution is 0.215. The van der Waals surface area contributed by atoms with E-state index < -0.39 is 0 Å². The molecule has 1 aromatic rings. The smallest absolute Gasteiger partial charge is 0.191 e. The maximum absolute atomic E-state index is 5.64. The Labute approximate surface area is 126 Å². The van der Waals surface area contributed by atoms with E-state index in [1.807, 2.05) is 13.1 Å². The van der Waals surface area contributed by atoms with Crippen molar-refractivity contribution >= 4 is 5.96 Å². The average molecular weight is 290 g/mol. The van der Waals surface area contributed by atoms with Crippen LogP contribution in [0.5, 0.6) is 0 Å². The lowest BCUT2D eigenvalue weighted by atomic mass is 10.2. The fraction of sp³-hybridized carbons (Fsp3) is 0.688. The van der Waals surface area contributed by atoms with Gasteiger partial charge in [0, 0.05) is 19.6 Å². The molecule has 2 N–H and O–H groups in total. The van der Waals surface area contributed by atoms with Crippen molar-refractivity contribution in [2.24, 2.45) is 10.9 Å². The molecule has 116 valence electrons. The van der Waals surface area contributed by atoms with Crippen molar-refractivity contribution in [3.05, 3.63) is 24.2 Å². The van der Waals surface area contributed by atoms with E-state index >= 15 is 0 Å². The summed E-state index contributed by atoms with van der Waals surface area (Å²) >= 11 is 0. The van der Waals surface area contributed by atoms with Gasteiger partial charge >= 0.3 is 0 Å². The highest BCUT2D eigenvalue weighted by Crippen LogP contribution is 2.29. The molecule has 3 unspecified atom stereocenters. The van der Waals surface area contributed by atoms with Crippen LogP contribution in [-0.4, -0.2) is 43.6 Å². The van der Waals surface area contributed by atoms with Crippen molar-refractivity contribution in [2.45, 2.75) is 38.3 Å². The summed E-state index contributed by atoms with van der Waals surface area (Å²) in [7, 11) is 1.83. The van der Waals surface area contributed by atoms with Crippen molar-refractivity contribution in [3.63, 3.8) is 0 Å². The number of furan rings is 1. The first-order chi connectivity index (χ1) is 10.3. The fourth-order valence-electron chi connectivity index (χ4n) is 3.03. The minimum Gasteiger partial charge on any atom is -0.468 e. The predicted octanol–water partition coefficient (Wildman–Crippen LogP) is 1.99. The number of hydrogen-bond acceptors (Lipinski definition) is 3. The molecule has 0 aromatic carbocycles. The number of guanidine groups is 1. The summed E-state index contributed by atoms with van der Waals surface area (Å²) in [6.07, 6.45) is 5.57. The van der Waals surface area contributed by atoms with Gasteiger partial charge in [-0.05, 0) is 50.4 Å². The second-order valence-electron chi connectivity index (χ2n) is 6.19. The Morgan fingerprint density at radius 3 is 2.81 bits per heavy atom. The van der Waals surface area contributed by atoms with Gasteiger partial charge in [0.15, 0.2) is 5.96 Å². The van der Waals surface area contributed by atoms with Crippen LogP contribution in [0.3, 0.4) is 0 Å². The van der Waals surface area contributed by atoms with Crippen molar-refractivity contribution in [3.8, 4) is 0 Å². The van der Waals surface area contributed by atoms with Crippen molar-refractivity contribution in [2.75, 3.05) is 26.7 Å². The van der Waals surface area contributed by atoms with Crippen LogP contribution in [0, 0.1) is 5.92 Å². The zero-order valence-corrected chi connectivity index (χ0v) is 13.0. The largest absolute Gasteiger partial charge is 0.468 e. The summed E-state index contributed by atoms with van der Waals surface area (Å²) < 4.78 is 5.64. The molecule has 0 bridgehead atoms. The van der Waals surface area contributed by atoms with Gasteiger partial charge in [-0.15, -0.1) is 0 Å². The number of hydrogen-bond donors (Lipinski definition) is 2. The van der Waals surface area contributed by atoms with Gasteiger partial charge in [0.1, 0.15) is 5.76 Å². The van der Waals surface area contributed by atoms with Gasteiger partial charge in [0.05, 0.1) is 12.3 Å². The summed E-state index contributed by atoms with van der Waals surface area (Å²) in [4.78, 5) is 6.83. The third-order valence-corrected chi connectivity index (χ3v) is 4.57. The number of nitrogens with one attached hydrogen (secondary N) is 2. The molecular weight excluding hydrogens is 264 g/mol. The summed E-state index contributed by atoms with van der Waals surface area (Å²) in [5.41, 5.74) is 0. The Bertz CT molecular complexity index is 465. The molecule has 3 atom stereocenters. The topological polar surface area (TPSA) is 52.8 Å². The molecule has 1 saturated heterocycles. The quantitative estimate of drug-likeness (QED) is 0.643. The summed E-state index contributed by atoms with van der Waals surface area (Å²) in [6, 6.07) is 4.92. The fourth-order valence-corrected chi connectivity index (χ4v) is 3.03. The normalized spacial score (nSPS) is 27.6. The predicted molar refractivity (Wildman–Crippen MR) is 84.3 cm³/mol. The van der Waals surface area contributed by atoms with Gasteiger partial charge < -0.3 is 15.1 Å². The maximum Gasteiger partial charge on any atom is 0.191 e. The molecule has 1 saturated carbocycles. The van der Waals surface area contributed by atoms with E-state index in [1.165, 1.54) is 19.3 Å². The minimum absolute atomic E-state index is 0.290. The zero-order chi connectivity index (χ0) is 14.7. The van der Waals surface area contributed by atoms with Crippen LogP contribution >= 0.6 is 0 Å². The first-order valence-electron chi connectivity index (χ1n) is 8.02. The third-order valence-electron chi connectivity index (χ3n) is 4.57. The van der Waals surface area contributed by atoms with Crippen LogP contribution in [0.1, 0.15) is 38.0 Å². The first-order valence-corrected chi connectivity index (χ1v) is 8.02. The van der Waals surface area contributed by atoms with E-state index in [9.17, 15) is 0 Å². The number of rotatable bonds is 5. The second kappa shape index (κ2) is 6.52. The van der Waals surface area contributed by atoms with Gasteiger partial charge in [-0.3, -0.25) is 9.89 Å². The van der Waals surface area contributed by atoms with Crippen LogP contribution in [0.2, 0.25) is 0 Å². The number of nitrogens with zero attached hydrogens (tertiary/aromatic N) is 2. The molecule has 21 heavy (non-hydrogen) atoms. The van der Waals surface area contributed by atoms with Gasteiger partial charge in [-0.25, -0.2) is 0 Å². The Balaban J connectivity index is 1.58. The molecule has 0 amide bonds. The lowest BCUT2D eigenvalue weighted by Crippen LogP contribution is -2.43. The molecule has 1 aliphatic heterocycles. The second-order valence-corrected chi connectivity index (χ2v) is 6.19. The van der Waals surface area contributed by atoms with Crippen LogP contribution in [0.4, 0.5) is 0 Å². The van der Waals surface area contributed by atoms with E-state index in [0.29, 0.717) is 6.04 Å². The Morgan fingerprint density at radius 2 is 2.24 bits per heavy atom. The van der Waals surface area contributed by atoms with E-state index in [2.05, 4.69) is 33.5 Å². The van der Waals surface area contributed by atoms with Crippen LogP contribution in [0.25, 0.3) is 0 Å². The summed E-state index contributed by atoms with van der Waals surface area (Å²) in [5.74, 6) is 2.71. The molecule has 2 heterocycles. The van der Waals surface area contributed by atoms with Crippen LogP contribution in [-0.2, 0) is 0 Å². The number of likely N-dealkylation sites (tertiary alicyclic amines) is 1. The Morgan fingerprint density at radius 1 is 1.48 bits per heavy atom. The van der Waals surface area contributed by atoms with E-state index in [0.717, 1.165) is 37.3 Å². The Kier molecular flexibility index (Phi) is 4.48. The molecular formula is C16H26N4O. The molecule has 2 aliphatic rings. The maximum atomic E-state index is 5.64. The van der Waals surface area contributed by atoms with Crippen LogP contribution < -0.4 is 10.6 Å². The van der Waals surface area contributed by atoms with Gasteiger partial charge in [-0.1, -0.05) is 6.92 Å². The van der Waals surface area contributed by atoms with Crippen molar-refractivity contribution in [1.82, 2.24) is 15.5 Å². The lowest BCUT2D eigenvalue weighted by Gasteiger charge is -2.26. The highest BCUT2D eigenvalue weighted by molar-refractivity contribution is 5.80. The molecule has 2 fully saturated rings. The zero-order valence-electron chi connectivity index (χ0n) is 13.0. The highest BCUT2D eigenvalue weighted by Gasteiger charge is 2.33. The molecule has 5 heteroatoms. The monoisotopic (exact) mass is 290 g/mol. The molecule has 0 radical (unpaired) electrons. The van der Waals surface area contributed by atoms with Gasteiger partial charge in [0.25, 0.3) is 0 Å². The summed E-state index contributed by atoms with van der Waals surface area (Å²) in [6.45, 7) is 5.40. The van der Waals surface area contributed by atoms with E-state index in [1.54, 1.807) is 6.26 Å². The Hall–Kier alpha value is -1.49. The molecule has 3 rings (SSSR count). The first kappa shape index (κ1) is 14.4. The minimum atomic E-state index is 0.290. The van der Waals surface area contributed by atoms with E-state index in [4.69, 9.17) is 4.42 Å². The SMILES string of the molecule is CN=C(NCC(c1ccco1)N1CCCC1)NC1CC1C. The summed E-state index contributed by atoms with van der Waals surface area (Å²) in [5, 5.41) is 6.94. The molecule has 5 nitrogen and oxygen atoms in total. The molecule has 0 spiro atoms. The van der Waals surface area contributed by atoms with Gasteiger partial charge in [0.2, 0.25) is 0 Å². The van der Waals surface area contributed by atoms with Crippen molar-refractivity contribution < 1.29 is 4.42 Å². The number of aliphatic imine (C=N–C) groups is 1.